The van der Waals surface area contributed by atoms with Crippen LogP contribution in [0.1, 0.15) is 11.1 Å². The van der Waals surface area contributed by atoms with Crippen LogP contribution in [0.4, 0.5) is 4.39 Å². The standard InChI is InChI=1S/C16H14FNO3/c1-20-16-13(4-2-8-18-16)11-21-15-7-6-14(17)10-12(15)5-3-9-19/h2,4,6-8,10,19H,9,11H2,1H3. The number of halogens is 1. The highest BCUT2D eigenvalue weighted by Gasteiger charge is 2.07. The Balaban J connectivity index is 2.20. The highest BCUT2D eigenvalue weighted by Crippen LogP contribution is 2.22. The second kappa shape index (κ2) is 7.27. The first-order chi connectivity index (χ1) is 10.2. The smallest absolute Gasteiger partial charge is 0.219 e. The zero-order valence-electron chi connectivity index (χ0n) is 11.5. The maximum absolute atomic E-state index is 13.2. The van der Waals surface area contributed by atoms with Crippen LogP contribution >= 0.6 is 0 Å². The maximum atomic E-state index is 13.2. The largest absolute Gasteiger partial charge is 0.487 e. The molecule has 0 bridgehead atoms. The van der Waals surface area contributed by atoms with Gasteiger partial charge in [0.1, 0.15) is 24.8 Å². The second-order valence-electron chi connectivity index (χ2n) is 4.06. The van der Waals surface area contributed by atoms with E-state index >= 15 is 0 Å². The molecule has 1 heterocycles. The predicted molar refractivity (Wildman–Crippen MR) is 75.5 cm³/mol. The third-order valence-corrected chi connectivity index (χ3v) is 2.67. The first-order valence-electron chi connectivity index (χ1n) is 6.24. The molecule has 108 valence electrons. The minimum Gasteiger partial charge on any atom is -0.487 e. The number of benzene rings is 1. The van der Waals surface area contributed by atoms with Gasteiger partial charge >= 0.3 is 0 Å². The van der Waals surface area contributed by atoms with Crippen molar-refractivity contribution >= 4 is 0 Å². The van der Waals surface area contributed by atoms with Crippen molar-refractivity contribution in [3.05, 3.63) is 53.5 Å². The van der Waals surface area contributed by atoms with Crippen LogP contribution in [-0.4, -0.2) is 23.8 Å². The van der Waals surface area contributed by atoms with E-state index in [2.05, 4.69) is 16.8 Å². The van der Waals surface area contributed by atoms with Crippen LogP contribution in [0.15, 0.2) is 36.5 Å². The zero-order chi connectivity index (χ0) is 15.1. The van der Waals surface area contributed by atoms with Crippen molar-refractivity contribution in [1.82, 2.24) is 4.98 Å². The molecule has 1 aromatic carbocycles. The number of hydrogen-bond acceptors (Lipinski definition) is 4. The lowest BCUT2D eigenvalue weighted by Crippen LogP contribution is -2.01. The third kappa shape index (κ3) is 3.94. The molecule has 0 saturated heterocycles. The van der Waals surface area contributed by atoms with Gasteiger partial charge in [-0.2, -0.15) is 0 Å². The molecular weight excluding hydrogens is 273 g/mol. The SMILES string of the molecule is COc1ncccc1COc1ccc(F)cc1C#CCO. The Morgan fingerprint density at radius 3 is 2.95 bits per heavy atom. The van der Waals surface area contributed by atoms with E-state index in [1.165, 1.54) is 25.3 Å². The molecule has 0 radical (unpaired) electrons. The Kier molecular flexibility index (Phi) is 5.13. The van der Waals surface area contributed by atoms with E-state index in [-0.39, 0.29) is 13.2 Å². The van der Waals surface area contributed by atoms with Gasteiger partial charge in [0.2, 0.25) is 5.88 Å². The van der Waals surface area contributed by atoms with Crippen LogP contribution in [0, 0.1) is 17.7 Å². The summed E-state index contributed by atoms with van der Waals surface area (Å²) in [5, 5.41) is 8.73. The quantitative estimate of drug-likeness (QED) is 0.875. The van der Waals surface area contributed by atoms with Crippen molar-refractivity contribution in [3.63, 3.8) is 0 Å². The predicted octanol–water partition coefficient (Wildman–Crippen LogP) is 2.15. The van der Waals surface area contributed by atoms with Gasteiger partial charge in [0.05, 0.1) is 18.2 Å². The van der Waals surface area contributed by atoms with E-state index < -0.39 is 5.82 Å². The summed E-state index contributed by atoms with van der Waals surface area (Å²) < 4.78 is 24.0. The molecule has 0 atom stereocenters. The minimum absolute atomic E-state index is 0.219. The van der Waals surface area contributed by atoms with Crippen molar-refractivity contribution in [3.8, 4) is 23.5 Å². The zero-order valence-corrected chi connectivity index (χ0v) is 11.5. The van der Waals surface area contributed by atoms with Gasteiger partial charge in [-0.15, -0.1) is 0 Å². The van der Waals surface area contributed by atoms with Gasteiger partial charge in [-0.1, -0.05) is 11.8 Å². The number of ether oxygens (including phenoxy) is 2. The lowest BCUT2D eigenvalue weighted by atomic mass is 10.2. The number of pyridine rings is 1. The number of nitrogens with zero attached hydrogens (tertiary/aromatic N) is 1. The first-order valence-corrected chi connectivity index (χ1v) is 6.24. The number of methoxy groups -OCH3 is 1. The number of hydrogen-bond donors (Lipinski definition) is 1. The fourth-order valence-electron chi connectivity index (χ4n) is 1.73. The molecule has 0 aliphatic carbocycles. The molecule has 0 amide bonds. The summed E-state index contributed by atoms with van der Waals surface area (Å²) >= 11 is 0. The van der Waals surface area contributed by atoms with Crippen LogP contribution < -0.4 is 9.47 Å². The molecule has 2 rings (SSSR count). The topological polar surface area (TPSA) is 51.6 Å². The van der Waals surface area contributed by atoms with E-state index in [1.807, 2.05) is 6.07 Å². The second-order valence-corrected chi connectivity index (χ2v) is 4.06. The lowest BCUT2D eigenvalue weighted by molar-refractivity contribution is 0.292. The molecule has 0 aliphatic rings. The number of rotatable bonds is 4. The summed E-state index contributed by atoms with van der Waals surface area (Å²) in [7, 11) is 1.53. The molecular formula is C16H14FNO3. The highest BCUT2D eigenvalue weighted by atomic mass is 19.1. The molecule has 1 aromatic heterocycles. The molecule has 0 aliphatic heterocycles. The summed E-state index contributed by atoms with van der Waals surface area (Å²) in [6.07, 6.45) is 1.62. The summed E-state index contributed by atoms with van der Waals surface area (Å²) in [5.74, 6) is 5.63. The van der Waals surface area contributed by atoms with Gasteiger partial charge in [-0.05, 0) is 30.3 Å². The van der Waals surface area contributed by atoms with Crippen LogP contribution in [0.5, 0.6) is 11.6 Å². The Morgan fingerprint density at radius 2 is 2.19 bits per heavy atom. The molecule has 21 heavy (non-hydrogen) atoms. The summed E-state index contributed by atoms with van der Waals surface area (Å²) in [4.78, 5) is 4.07. The van der Waals surface area contributed by atoms with Gasteiger partial charge in [-0.25, -0.2) is 9.37 Å². The normalized spacial score (nSPS) is 9.67. The van der Waals surface area contributed by atoms with Crippen LogP contribution in [-0.2, 0) is 6.61 Å². The molecule has 0 spiro atoms. The summed E-state index contributed by atoms with van der Waals surface area (Å²) in [5.41, 5.74) is 1.15. The van der Waals surface area contributed by atoms with E-state index in [9.17, 15) is 4.39 Å². The average molecular weight is 287 g/mol. The van der Waals surface area contributed by atoms with Gasteiger partial charge in [-0.3, -0.25) is 0 Å². The van der Waals surface area contributed by atoms with Crippen molar-refractivity contribution in [1.29, 1.82) is 0 Å². The van der Waals surface area contributed by atoms with Gasteiger partial charge in [0.25, 0.3) is 0 Å². The third-order valence-electron chi connectivity index (χ3n) is 2.67. The van der Waals surface area contributed by atoms with Crippen molar-refractivity contribution in [2.75, 3.05) is 13.7 Å². The van der Waals surface area contributed by atoms with E-state index in [0.717, 1.165) is 5.56 Å². The Hall–Kier alpha value is -2.58. The van der Waals surface area contributed by atoms with Gasteiger partial charge < -0.3 is 14.6 Å². The molecule has 0 fully saturated rings. The van der Waals surface area contributed by atoms with Crippen LogP contribution in [0.3, 0.4) is 0 Å². The Labute approximate surface area is 122 Å². The summed E-state index contributed by atoms with van der Waals surface area (Å²) in [6, 6.07) is 7.66. The average Bonchev–Trinajstić information content (AvgIpc) is 2.52. The molecule has 2 aromatic rings. The Bertz CT molecular complexity index is 677. The van der Waals surface area contributed by atoms with Crippen LogP contribution in [0.2, 0.25) is 0 Å². The molecule has 0 unspecified atom stereocenters. The fraction of sp³-hybridized carbons (Fsp3) is 0.188. The minimum atomic E-state index is -0.413. The molecule has 5 heteroatoms. The molecule has 0 saturated carbocycles. The van der Waals surface area contributed by atoms with E-state index in [1.54, 1.807) is 12.3 Å². The van der Waals surface area contributed by atoms with Crippen LogP contribution in [0.25, 0.3) is 0 Å². The number of aromatic nitrogens is 1. The molecule has 1 N–H and O–H groups in total. The van der Waals surface area contributed by atoms with E-state index in [0.29, 0.717) is 17.2 Å². The van der Waals surface area contributed by atoms with Gasteiger partial charge in [0.15, 0.2) is 0 Å². The summed E-state index contributed by atoms with van der Waals surface area (Å²) in [6.45, 7) is -0.0805. The van der Waals surface area contributed by atoms with Crippen molar-refractivity contribution < 1.29 is 19.0 Å². The van der Waals surface area contributed by atoms with Crippen molar-refractivity contribution in [2.24, 2.45) is 0 Å². The molecule has 4 nitrogen and oxygen atoms in total. The number of aliphatic hydroxyl groups excluding tert-OH is 1. The monoisotopic (exact) mass is 287 g/mol. The maximum Gasteiger partial charge on any atom is 0.219 e. The van der Waals surface area contributed by atoms with Gasteiger partial charge in [0, 0.05) is 6.20 Å². The Morgan fingerprint density at radius 1 is 1.33 bits per heavy atom. The first kappa shape index (κ1) is 14.8. The van der Waals surface area contributed by atoms with Crippen molar-refractivity contribution in [2.45, 2.75) is 6.61 Å². The lowest BCUT2D eigenvalue weighted by Gasteiger charge is -2.10. The fourth-order valence-corrected chi connectivity index (χ4v) is 1.73. The highest BCUT2D eigenvalue weighted by molar-refractivity contribution is 5.46. The number of aliphatic hydroxyl groups is 1. The van der Waals surface area contributed by atoms with E-state index in [4.69, 9.17) is 14.6 Å².